The Morgan fingerprint density at radius 3 is 2.62 bits per heavy atom. The zero-order valence-electron chi connectivity index (χ0n) is 22.2. The number of alkyl halides is 2. The van der Waals surface area contributed by atoms with Gasteiger partial charge >= 0.3 is 0 Å². The number of pyridine rings is 1. The topological polar surface area (TPSA) is 101 Å². The van der Waals surface area contributed by atoms with E-state index in [1.807, 2.05) is 13.0 Å². The molecule has 2 aromatic heterocycles. The molecule has 3 aromatic rings. The summed E-state index contributed by atoms with van der Waals surface area (Å²) in [4.78, 5) is 10.0. The van der Waals surface area contributed by atoms with Gasteiger partial charge in [0.15, 0.2) is 0 Å². The molecule has 1 aliphatic carbocycles. The van der Waals surface area contributed by atoms with E-state index in [2.05, 4.69) is 64.3 Å². The van der Waals surface area contributed by atoms with Crippen molar-refractivity contribution in [3.63, 3.8) is 0 Å². The highest BCUT2D eigenvalue weighted by molar-refractivity contribution is 7.09. The van der Waals surface area contributed by atoms with Crippen LogP contribution in [0.25, 0.3) is 10.9 Å². The number of thiazole rings is 1. The highest BCUT2D eigenvalue weighted by Gasteiger charge is 2.56. The van der Waals surface area contributed by atoms with Crippen molar-refractivity contribution in [2.45, 2.75) is 58.5 Å². The van der Waals surface area contributed by atoms with E-state index in [1.54, 1.807) is 24.0 Å². The molecule has 1 fully saturated rings. The number of hydrogen-bond donors (Lipinski definition) is 4. The van der Waals surface area contributed by atoms with E-state index < -0.39 is 18.0 Å². The van der Waals surface area contributed by atoms with Crippen LogP contribution in [0.5, 0.6) is 0 Å². The molecule has 0 spiro atoms. The molecule has 3 heterocycles. The Balaban J connectivity index is 1.58. The number of rotatable bonds is 8. The van der Waals surface area contributed by atoms with Gasteiger partial charge in [0, 0.05) is 34.9 Å². The van der Waals surface area contributed by atoms with Crippen molar-refractivity contribution in [2.75, 3.05) is 17.2 Å². The predicted molar refractivity (Wildman–Crippen MR) is 150 cm³/mol. The summed E-state index contributed by atoms with van der Waals surface area (Å²) in [6, 6.07) is 5.40. The molecule has 1 aromatic carbocycles. The molecule has 0 radical (unpaired) electrons. The van der Waals surface area contributed by atoms with E-state index in [4.69, 9.17) is 6.42 Å². The van der Waals surface area contributed by atoms with Crippen LogP contribution >= 0.6 is 11.3 Å². The van der Waals surface area contributed by atoms with E-state index >= 15 is 0 Å². The maximum atomic E-state index is 13.8. The van der Waals surface area contributed by atoms with Gasteiger partial charge in [-0.2, -0.15) is 5.26 Å². The van der Waals surface area contributed by atoms with Crippen molar-refractivity contribution in [2.24, 2.45) is 5.41 Å². The minimum absolute atomic E-state index is 0.0146. The molecule has 39 heavy (non-hydrogen) atoms. The largest absolute Gasteiger partial charge is 0.383 e. The third-order valence-corrected chi connectivity index (χ3v) is 7.73. The molecular weight excluding hydrogens is 518 g/mol. The Bertz CT molecular complexity index is 1520. The lowest BCUT2D eigenvalue weighted by Crippen LogP contribution is -2.48. The van der Waals surface area contributed by atoms with Crippen molar-refractivity contribution >= 4 is 33.6 Å². The van der Waals surface area contributed by atoms with Gasteiger partial charge in [-0.3, -0.25) is 9.99 Å². The molecule has 11 heteroatoms. The standard InChI is InChI=1S/C28H30F2N8S/c1-6-17-12-32-24-18(11-31)9-19(10-20(24)23(17)33-14-27(3,4)5)35-25(22-16(2)39-15-34-22)21-13-38(37-36-21)28(7-8-28)26(29)30/h1,9-10,12-13,15,25-26,35-37H,7-8,14H2,2-5H3,(H,32,33)/t25-/m1/s1. The minimum Gasteiger partial charge on any atom is -0.383 e. The zero-order valence-corrected chi connectivity index (χ0v) is 23.0. The third-order valence-electron chi connectivity index (χ3n) is 6.96. The summed E-state index contributed by atoms with van der Waals surface area (Å²) in [5, 5.41) is 19.1. The van der Waals surface area contributed by atoms with Gasteiger partial charge in [0.2, 0.25) is 0 Å². The van der Waals surface area contributed by atoms with Crippen molar-refractivity contribution in [1.29, 1.82) is 5.26 Å². The van der Waals surface area contributed by atoms with Gasteiger partial charge in [-0.15, -0.1) is 23.3 Å². The SMILES string of the molecule is C#Cc1cnc2c(C#N)cc(N[C@H](C3=CN(C4(C(F)F)CC4)NN3)c3ncsc3C)cc2c1NCC(C)(C)C. The quantitative estimate of drug-likeness (QED) is 0.277. The van der Waals surface area contributed by atoms with Crippen LogP contribution in [0.1, 0.15) is 61.4 Å². The van der Waals surface area contributed by atoms with E-state index in [-0.39, 0.29) is 5.41 Å². The molecule has 8 nitrogen and oxygen atoms in total. The van der Waals surface area contributed by atoms with Gasteiger partial charge in [0.05, 0.1) is 39.2 Å². The maximum absolute atomic E-state index is 13.8. The monoisotopic (exact) mass is 548 g/mol. The number of anilines is 2. The molecule has 2 aliphatic rings. The number of hydrazine groups is 2. The number of terminal acetylenes is 1. The fourth-order valence-electron chi connectivity index (χ4n) is 4.58. The fourth-order valence-corrected chi connectivity index (χ4v) is 5.20. The fraction of sp³-hybridized carbons (Fsp3) is 0.393. The summed E-state index contributed by atoms with van der Waals surface area (Å²) in [6.45, 7) is 8.97. The molecule has 1 atom stereocenters. The number of fused-ring (bicyclic) bond motifs is 1. The van der Waals surface area contributed by atoms with Crippen LogP contribution in [0.3, 0.4) is 0 Å². The Morgan fingerprint density at radius 1 is 1.26 bits per heavy atom. The predicted octanol–water partition coefficient (Wildman–Crippen LogP) is 5.43. The summed E-state index contributed by atoms with van der Waals surface area (Å²) in [7, 11) is 0. The Hall–Kier alpha value is -3.93. The number of hydrogen-bond acceptors (Lipinski definition) is 9. The van der Waals surface area contributed by atoms with Gasteiger partial charge < -0.3 is 16.1 Å². The van der Waals surface area contributed by atoms with Crippen molar-refractivity contribution < 1.29 is 8.78 Å². The van der Waals surface area contributed by atoms with Gasteiger partial charge in [-0.25, -0.2) is 13.8 Å². The van der Waals surface area contributed by atoms with E-state index in [0.717, 1.165) is 16.3 Å². The molecule has 0 unspecified atom stereocenters. The van der Waals surface area contributed by atoms with Crippen molar-refractivity contribution in [3.05, 3.63) is 57.4 Å². The van der Waals surface area contributed by atoms with Crippen molar-refractivity contribution in [1.82, 2.24) is 25.9 Å². The number of aryl methyl sites for hydroxylation is 1. The normalized spacial score (nSPS) is 16.8. The second-order valence-electron chi connectivity index (χ2n) is 11.1. The number of benzene rings is 1. The molecule has 202 valence electrons. The summed E-state index contributed by atoms with van der Waals surface area (Å²) in [5.74, 6) is 2.70. The molecule has 1 saturated carbocycles. The first-order valence-corrected chi connectivity index (χ1v) is 13.5. The van der Waals surface area contributed by atoms with Crippen LogP contribution in [0, 0.1) is 36.0 Å². The molecule has 5 rings (SSSR count). The van der Waals surface area contributed by atoms with Gasteiger partial charge in [0.25, 0.3) is 6.43 Å². The van der Waals surface area contributed by atoms with E-state index in [0.29, 0.717) is 52.8 Å². The summed E-state index contributed by atoms with van der Waals surface area (Å²) in [5.41, 5.74) is 10.8. The highest BCUT2D eigenvalue weighted by Crippen LogP contribution is 2.47. The Morgan fingerprint density at radius 2 is 2.03 bits per heavy atom. The molecule has 0 bridgehead atoms. The van der Waals surface area contributed by atoms with Crippen LogP contribution in [0.15, 0.2) is 35.7 Å². The number of nitriles is 1. The average molecular weight is 549 g/mol. The first kappa shape index (κ1) is 26.7. The summed E-state index contributed by atoms with van der Waals surface area (Å²) >= 11 is 1.50. The van der Waals surface area contributed by atoms with Crippen LogP contribution in [0.4, 0.5) is 20.2 Å². The van der Waals surface area contributed by atoms with Gasteiger partial charge in [-0.1, -0.05) is 26.7 Å². The number of nitrogens with one attached hydrogen (secondary N) is 4. The second kappa shape index (κ2) is 9.99. The van der Waals surface area contributed by atoms with Crippen LogP contribution in [0.2, 0.25) is 0 Å². The summed E-state index contributed by atoms with van der Waals surface area (Å²) < 4.78 is 27.6. The molecule has 0 saturated heterocycles. The Labute approximate surface area is 230 Å². The lowest BCUT2D eigenvalue weighted by Gasteiger charge is -2.25. The van der Waals surface area contributed by atoms with Gasteiger partial charge in [0.1, 0.15) is 17.6 Å². The minimum atomic E-state index is -2.48. The zero-order chi connectivity index (χ0) is 27.9. The molecule has 1 aliphatic heterocycles. The molecular formula is C28H30F2N8S. The average Bonchev–Trinajstić information content (AvgIpc) is 3.37. The number of halogens is 2. The summed E-state index contributed by atoms with van der Waals surface area (Å²) in [6.07, 6.45) is 7.42. The van der Waals surface area contributed by atoms with Crippen molar-refractivity contribution in [3.8, 4) is 18.4 Å². The molecule has 0 amide bonds. The van der Waals surface area contributed by atoms with Crippen LogP contribution in [-0.4, -0.2) is 33.5 Å². The first-order valence-electron chi connectivity index (χ1n) is 12.6. The smallest absolute Gasteiger partial charge is 0.262 e. The van der Waals surface area contributed by atoms with Gasteiger partial charge in [-0.05, 0) is 37.3 Å². The number of aromatic nitrogens is 2. The lowest BCUT2D eigenvalue weighted by atomic mass is 9.96. The number of nitrogens with zero attached hydrogens (tertiary/aromatic N) is 4. The second-order valence-corrected chi connectivity index (χ2v) is 12.2. The van der Waals surface area contributed by atoms with Crippen LogP contribution < -0.4 is 21.6 Å². The first-order chi connectivity index (χ1) is 18.6. The maximum Gasteiger partial charge on any atom is 0.262 e. The lowest BCUT2D eigenvalue weighted by molar-refractivity contribution is 0.00911. The third kappa shape index (κ3) is 5.08. The van der Waals surface area contributed by atoms with E-state index in [1.165, 1.54) is 16.3 Å². The van der Waals surface area contributed by atoms with E-state index in [9.17, 15) is 14.0 Å². The molecule has 4 N–H and O–H groups in total. The Kier molecular flexibility index (Phi) is 6.83. The van der Waals surface area contributed by atoms with Crippen LogP contribution in [-0.2, 0) is 0 Å². The highest BCUT2D eigenvalue weighted by atomic mass is 32.1.